The number of pyridine rings is 1. The standard InChI is InChI=1S/C23H18F4N6O2/c1-10-19-21(28)31-15-7-29-14(6-16(15)33(19)9-30-10)22(34)32-8-12(24)5-18-20(32)13-3-2-11(23(25,26)27)4-17(13)35-18/h2-4,6-7,9,12,18,20H,5,8H2,1H3,(H2,28,31)/t12-,18-,20-/m0/s1. The van der Waals surface area contributed by atoms with E-state index in [2.05, 4.69) is 15.0 Å². The Labute approximate surface area is 195 Å². The molecule has 6 rings (SSSR count). The molecule has 0 saturated carbocycles. The monoisotopic (exact) mass is 486 g/mol. The van der Waals surface area contributed by atoms with Crippen LogP contribution < -0.4 is 10.5 Å². The molecule has 2 N–H and O–H groups in total. The van der Waals surface area contributed by atoms with Gasteiger partial charge in [-0.05, 0) is 25.1 Å². The number of piperidine rings is 1. The first-order valence-electron chi connectivity index (χ1n) is 10.8. The van der Waals surface area contributed by atoms with Crippen LogP contribution in [0.5, 0.6) is 5.75 Å². The highest BCUT2D eigenvalue weighted by Gasteiger charge is 2.47. The molecule has 35 heavy (non-hydrogen) atoms. The molecule has 12 heteroatoms. The van der Waals surface area contributed by atoms with Crippen LogP contribution in [-0.2, 0) is 6.18 Å². The molecule has 180 valence electrons. The molecule has 1 fully saturated rings. The number of likely N-dealkylation sites (tertiary alicyclic amines) is 1. The molecule has 0 radical (unpaired) electrons. The van der Waals surface area contributed by atoms with Crippen molar-refractivity contribution in [1.82, 2.24) is 24.3 Å². The summed E-state index contributed by atoms with van der Waals surface area (Å²) >= 11 is 0. The summed E-state index contributed by atoms with van der Waals surface area (Å²) < 4.78 is 61.5. The van der Waals surface area contributed by atoms with E-state index >= 15 is 0 Å². The highest BCUT2D eigenvalue weighted by atomic mass is 19.4. The summed E-state index contributed by atoms with van der Waals surface area (Å²) in [4.78, 5) is 27.7. The van der Waals surface area contributed by atoms with Crippen molar-refractivity contribution in [3.63, 3.8) is 0 Å². The molecule has 3 aromatic heterocycles. The lowest BCUT2D eigenvalue weighted by molar-refractivity contribution is -0.137. The summed E-state index contributed by atoms with van der Waals surface area (Å²) in [6, 6.07) is 3.92. The largest absolute Gasteiger partial charge is 0.487 e. The van der Waals surface area contributed by atoms with Gasteiger partial charge in [-0.25, -0.2) is 19.3 Å². The number of rotatable bonds is 1. The number of amides is 1. The van der Waals surface area contributed by atoms with Gasteiger partial charge in [0.15, 0.2) is 5.82 Å². The Morgan fingerprint density at radius 1 is 1.23 bits per heavy atom. The first kappa shape index (κ1) is 21.6. The van der Waals surface area contributed by atoms with Crippen molar-refractivity contribution >= 4 is 28.3 Å². The number of fused-ring (bicyclic) bond motifs is 6. The van der Waals surface area contributed by atoms with Crippen LogP contribution in [0.2, 0.25) is 0 Å². The van der Waals surface area contributed by atoms with Gasteiger partial charge in [0.1, 0.15) is 41.1 Å². The molecule has 2 aliphatic heterocycles. The topological polar surface area (TPSA) is 98.6 Å². The predicted molar refractivity (Wildman–Crippen MR) is 117 cm³/mol. The molecule has 1 amide bonds. The van der Waals surface area contributed by atoms with Crippen LogP contribution in [0.4, 0.5) is 23.4 Å². The number of aromatic nitrogens is 4. The molecular formula is C23H18F4N6O2. The van der Waals surface area contributed by atoms with Crippen molar-refractivity contribution in [1.29, 1.82) is 0 Å². The van der Waals surface area contributed by atoms with E-state index in [9.17, 15) is 22.4 Å². The lowest BCUT2D eigenvalue weighted by atomic mass is 9.92. The fraction of sp³-hybridized carbons (Fsp3) is 0.304. The van der Waals surface area contributed by atoms with Gasteiger partial charge < -0.3 is 15.4 Å². The fourth-order valence-electron chi connectivity index (χ4n) is 4.99. The SMILES string of the molecule is Cc1ncn2c1c(N)nc1cnc(C(=O)N3C[C@@H](F)C[C@@H]4Oc5cc(C(F)(F)F)ccc5[C@@H]43)cc12. The van der Waals surface area contributed by atoms with E-state index in [-0.39, 0.29) is 30.2 Å². The number of hydrogen-bond acceptors (Lipinski definition) is 6. The van der Waals surface area contributed by atoms with Gasteiger partial charge in [-0.15, -0.1) is 0 Å². The van der Waals surface area contributed by atoms with Gasteiger partial charge in [0.25, 0.3) is 5.91 Å². The van der Waals surface area contributed by atoms with Gasteiger partial charge in [-0.1, -0.05) is 6.07 Å². The maximum Gasteiger partial charge on any atom is 0.416 e. The summed E-state index contributed by atoms with van der Waals surface area (Å²) in [6.45, 7) is 1.55. The number of imidazole rings is 1. The number of benzene rings is 1. The first-order chi connectivity index (χ1) is 16.6. The van der Waals surface area contributed by atoms with Crippen LogP contribution in [0.1, 0.15) is 39.8 Å². The highest BCUT2D eigenvalue weighted by molar-refractivity contribution is 5.96. The number of hydrogen-bond donors (Lipinski definition) is 1. The number of ether oxygens (including phenoxy) is 1. The van der Waals surface area contributed by atoms with Gasteiger partial charge >= 0.3 is 6.18 Å². The maximum atomic E-state index is 14.6. The number of nitrogens with two attached hydrogens (primary N) is 1. The fourth-order valence-corrected chi connectivity index (χ4v) is 4.99. The molecule has 2 aliphatic rings. The maximum absolute atomic E-state index is 14.6. The average Bonchev–Trinajstić information content (AvgIpc) is 3.37. The van der Waals surface area contributed by atoms with Gasteiger partial charge in [0.2, 0.25) is 0 Å². The van der Waals surface area contributed by atoms with E-state index in [1.54, 1.807) is 17.7 Å². The first-order valence-corrected chi connectivity index (χ1v) is 10.8. The minimum atomic E-state index is -4.55. The van der Waals surface area contributed by atoms with E-state index in [0.717, 1.165) is 12.1 Å². The third-order valence-electron chi connectivity index (χ3n) is 6.54. The summed E-state index contributed by atoms with van der Waals surface area (Å²) in [5.41, 5.74) is 7.86. The van der Waals surface area contributed by atoms with E-state index in [0.29, 0.717) is 27.8 Å². The summed E-state index contributed by atoms with van der Waals surface area (Å²) in [6.07, 6.45) is -3.82. The molecular weight excluding hydrogens is 468 g/mol. The van der Waals surface area contributed by atoms with Crippen molar-refractivity contribution in [3.05, 3.63) is 59.3 Å². The van der Waals surface area contributed by atoms with Crippen molar-refractivity contribution in [2.75, 3.05) is 12.3 Å². The van der Waals surface area contributed by atoms with Crippen molar-refractivity contribution < 1.29 is 27.1 Å². The quantitative estimate of drug-likeness (QED) is 0.410. The van der Waals surface area contributed by atoms with Crippen LogP contribution in [0, 0.1) is 6.92 Å². The summed E-state index contributed by atoms with van der Waals surface area (Å²) in [5.74, 6) is -0.295. The van der Waals surface area contributed by atoms with E-state index in [1.165, 1.54) is 23.2 Å². The van der Waals surface area contributed by atoms with Crippen molar-refractivity contribution in [3.8, 4) is 5.75 Å². The minimum absolute atomic E-state index is 0.00321. The second-order valence-electron chi connectivity index (χ2n) is 8.75. The third-order valence-corrected chi connectivity index (χ3v) is 6.54. The second-order valence-corrected chi connectivity index (χ2v) is 8.75. The van der Waals surface area contributed by atoms with E-state index in [4.69, 9.17) is 10.5 Å². The Morgan fingerprint density at radius 2 is 2.03 bits per heavy atom. The number of aryl methyl sites for hydroxylation is 1. The van der Waals surface area contributed by atoms with Crippen molar-refractivity contribution in [2.45, 2.75) is 37.8 Å². The molecule has 3 atom stereocenters. The Balaban J connectivity index is 1.42. The molecule has 0 aliphatic carbocycles. The smallest absolute Gasteiger partial charge is 0.416 e. The Hall–Kier alpha value is -3.96. The minimum Gasteiger partial charge on any atom is -0.487 e. The molecule has 0 spiro atoms. The molecule has 8 nitrogen and oxygen atoms in total. The zero-order valence-electron chi connectivity index (χ0n) is 18.3. The summed E-state index contributed by atoms with van der Waals surface area (Å²) in [7, 11) is 0. The van der Waals surface area contributed by atoms with Crippen LogP contribution in [0.25, 0.3) is 16.6 Å². The molecule has 4 aromatic rings. The highest BCUT2D eigenvalue weighted by Crippen LogP contribution is 2.47. The molecule has 0 unspecified atom stereocenters. The number of carbonyl (C=O) groups excluding carboxylic acids is 1. The van der Waals surface area contributed by atoms with Gasteiger partial charge in [0, 0.05) is 12.0 Å². The zero-order valence-corrected chi connectivity index (χ0v) is 18.3. The normalized spacial score (nSPS) is 21.7. The van der Waals surface area contributed by atoms with Crippen LogP contribution in [0.15, 0.2) is 36.8 Å². The Bertz CT molecular complexity index is 1520. The van der Waals surface area contributed by atoms with Crippen LogP contribution in [-0.4, -0.2) is 49.0 Å². The molecule has 1 saturated heterocycles. The summed E-state index contributed by atoms with van der Waals surface area (Å²) in [5, 5.41) is 0. The Morgan fingerprint density at radius 3 is 2.80 bits per heavy atom. The van der Waals surface area contributed by atoms with E-state index < -0.39 is 36.0 Å². The Kier molecular flexibility index (Phi) is 4.48. The van der Waals surface area contributed by atoms with Gasteiger partial charge in [-0.2, -0.15) is 13.2 Å². The molecule has 5 heterocycles. The lowest BCUT2D eigenvalue weighted by Gasteiger charge is -2.38. The van der Waals surface area contributed by atoms with Crippen molar-refractivity contribution in [2.24, 2.45) is 0 Å². The number of carbonyl (C=O) groups is 1. The molecule has 0 bridgehead atoms. The number of halogens is 4. The van der Waals surface area contributed by atoms with Gasteiger partial charge in [-0.3, -0.25) is 9.20 Å². The number of nitrogen functional groups attached to an aromatic ring is 1. The average molecular weight is 486 g/mol. The molecule has 1 aromatic carbocycles. The van der Waals surface area contributed by atoms with Gasteiger partial charge in [0.05, 0.1) is 35.6 Å². The van der Waals surface area contributed by atoms with Crippen LogP contribution in [0.3, 0.4) is 0 Å². The third kappa shape index (κ3) is 3.27. The predicted octanol–water partition coefficient (Wildman–Crippen LogP) is 3.87. The number of nitrogens with zero attached hydrogens (tertiary/aromatic N) is 5. The lowest BCUT2D eigenvalue weighted by Crippen LogP contribution is -2.49. The zero-order chi connectivity index (χ0) is 24.6. The number of alkyl halides is 4. The number of anilines is 1. The van der Waals surface area contributed by atoms with E-state index in [1.807, 2.05) is 0 Å². The van der Waals surface area contributed by atoms with Crippen LogP contribution >= 0.6 is 0 Å². The second kappa shape index (κ2) is 7.27.